The molecule has 0 aliphatic heterocycles. The van der Waals surface area contributed by atoms with Crippen molar-refractivity contribution in [3.63, 3.8) is 0 Å². The first kappa shape index (κ1) is 13.0. The summed E-state index contributed by atoms with van der Waals surface area (Å²) in [6, 6.07) is 4.23. The molecule has 2 N–H and O–H groups in total. The number of benzene rings is 1. The van der Waals surface area contributed by atoms with Crippen LogP contribution >= 0.6 is 11.6 Å². The third kappa shape index (κ3) is 2.68. The maximum Gasteiger partial charge on any atom is 0.243 e. The van der Waals surface area contributed by atoms with Crippen LogP contribution in [0.15, 0.2) is 22.7 Å². The maximum absolute atomic E-state index is 13.6. The molecule has 18 heavy (non-hydrogen) atoms. The van der Waals surface area contributed by atoms with Gasteiger partial charge in [0.1, 0.15) is 5.82 Å². The van der Waals surface area contributed by atoms with E-state index in [2.05, 4.69) is 10.1 Å². The van der Waals surface area contributed by atoms with Gasteiger partial charge in [0.2, 0.25) is 5.89 Å². The Morgan fingerprint density at radius 1 is 1.50 bits per heavy atom. The molecule has 0 amide bonds. The smallest absolute Gasteiger partial charge is 0.243 e. The van der Waals surface area contributed by atoms with Crippen LogP contribution < -0.4 is 5.73 Å². The predicted molar refractivity (Wildman–Crippen MR) is 65.7 cm³/mol. The third-order valence-electron chi connectivity index (χ3n) is 2.64. The van der Waals surface area contributed by atoms with Gasteiger partial charge in [-0.15, -0.1) is 0 Å². The van der Waals surface area contributed by atoms with Crippen LogP contribution in [0.5, 0.6) is 0 Å². The van der Waals surface area contributed by atoms with Crippen molar-refractivity contribution in [2.24, 2.45) is 5.73 Å². The summed E-state index contributed by atoms with van der Waals surface area (Å²) in [5, 5.41) is 4.12. The van der Waals surface area contributed by atoms with E-state index in [4.69, 9.17) is 21.9 Å². The third-order valence-corrected chi connectivity index (χ3v) is 2.99. The second-order valence-electron chi connectivity index (χ2n) is 3.94. The maximum atomic E-state index is 13.6. The van der Waals surface area contributed by atoms with Gasteiger partial charge in [-0.2, -0.15) is 4.98 Å². The van der Waals surface area contributed by atoms with Crippen molar-refractivity contribution in [3.8, 4) is 0 Å². The molecule has 0 spiro atoms. The molecule has 0 bridgehead atoms. The number of hydrogen-bond acceptors (Lipinski definition) is 4. The number of nitrogens with two attached hydrogens (primary N) is 1. The zero-order valence-electron chi connectivity index (χ0n) is 9.86. The summed E-state index contributed by atoms with van der Waals surface area (Å²) in [4.78, 5) is 4.13. The van der Waals surface area contributed by atoms with Crippen molar-refractivity contribution < 1.29 is 8.91 Å². The van der Waals surface area contributed by atoms with Gasteiger partial charge in [-0.25, -0.2) is 4.39 Å². The van der Waals surface area contributed by atoms with Crippen LogP contribution in [0.25, 0.3) is 0 Å². The summed E-state index contributed by atoms with van der Waals surface area (Å²) in [6.07, 6.45) is 0.882. The van der Waals surface area contributed by atoms with Crippen LogP contribution in [-0.2, 0) is 6.42 Å². The van der Waals surface area contributed by atoms with E-state index in [0.29, 0.717) is 28.7 Å². The van der Waals surface area contributed by atoms with E-state index >= 15 is 0 Å². The molecular weight excluding hydrogens is 257 g/mol. The summed E-state index contributed by atoms with van der Waals surface area (Å²) >= 11 is 5.93. The molecule has 1 heterocycles. The van der Waals surface area contributed by atoms with Gasteiger partial charge in [-0.3, -0.25) is 0 Å². The average molecular weight is 270 g/mol. The Bertz CT molecular complexity index is 524. The first-order chi connectivity index (χ1) is 8.61. The summed E-state index contributed by atoms with van der Waals surface area (Å²) < 4.78 is 18.6. The first-order valence-electron chi connectivity index (χ1n) is 5.62. The number of nitrogens with zero attached hydrogens (tertiary/aromatic N) is 2. The van der Waals surface area contributed by atoms with E-state index < -0.39 is 0 Å². The van der Waals surface area contributed by atoms with Crippen LogP contribution in [0.1, 0.15) is 36.7 Å². The van der Waals surface area contributed by atoms with Crippen LogP contribution in [0.4, 0.5) is 4.39 Å². The molecule has 96 valence electrons. The molecule has 0 saturated carbocycles. The van der Waals surface area contributed by atoms with Crippen LogP contribution in [0, 0.1) is 5.82 Å². The van der Waals surface area contributed by atoms with Gasteiger partial charge >= 0.3 is 0 Å². The second kappa shape index (κ2) is 5.46. The monoisotopic (exact) mass is 269 g/mol. The van der Waals surface area contributed by atoms with Gasteiger partial charge < -0.3 is 10.3 Å². The van der Waals surface area contributed by atoms with Crippen molar-refractivity contribution in [2.45, 2.75) is 25.8 Å². The molecule has 1 atom stereocenters. The first-order valence-corrected chi connectivity index (χ1v) is 6.00. The zero-order valence-corrected chi connectivity index (χ0v) is 10.6. The van der Waals surface area contributed by atoms with Gasteiger partial charge in [-0.1, -0.05) is 29.7 Å². The lowest BCUT2D eigenvalue weighted by atomic mass is 10.1. The molecule has 2 aromatic rings. The molecule has 0 unspecified atom stereocenters. The van der Waals surface area contributed by atoms with Crippen molar-refractivity contribution in [2.75, 3.05) is 0 Å². The zero-order chi connectivity index (χ0) is 13.1. The van der Waals surface area contributed by atoms with E-state index in [1.807, 2.05) is 6.92 Å². The van der Waals surface area contributed by atoms with E-state index in [0.717, 1.165) is 0 Å². The van der Waals surface area contributed by atoms with Crippen molar-refractivity contribution >= 4 is 11.6 Å². The Kier molecular flexibility index (Phi) is 3.93. The van der Waals surface area contributed by atoms with Crippen molar-refractivity contribution in [3.05, 3.63) is 46.3 Å². The molecule has 0 aliphatic carbocycles. The quantitative estimate of drug-likeness (QED) is 0.927. The van der Waals surface area contributed by atoms with Gasteiger partial charge in [0.15, 0.2) is 5.82 Å². The number of halogens is 2. The minimum atomic E-state index is -0.381. The van der Waals surface area contributed by atoms with Crippen LogP contribution in [-0.4, -0.2) is 10.1 Å². The van der Waals surface area contributed by atoms with Gasteiger partial charge in [-0.05, 0) is 18.6 Å². The van der Waals surface area contributed by atoms with Gasteiger partial charge in [0, 0.05) is 17.0 Å². The largest absolute Gasteiger partial charge is 0.338 e. The lowest BCUT2D eigenvalue weighted by Gasteiger charge is -2.02. The Hall–Kier alpha value is -1.46. The molecule has 0 aliphatic rings. The van der Waals surface area contributed by atoms with Crippen LogP contribution in [0.2, 0.25) is 5.02 Å². The molecule has 0 saturated heterocycles. The lowest BCUT2D eigenvalue weighted by Crippen LogP contribution is -2.09. The molecule has 6 heteroatoms. The standard InChI is InChI=1S/C12H13ClFN3O/c1-2-10(15)12-16-11(17-18-12)6-7-8(13)4-3-5-9(7)14/h3-5,10H,2,6,15H2,1H3/t10-/m1/s1. The molecule has 0 radical (unpaired) electrons. The summed E-state index contributed by atoms with van der Waals surface area (Å²) in [7, 11) is 0. The topological polar surface area (TPSA) is 64.9 Å². The fourth-order valence-corrected chi connectivity index (χ4v) is 1.75. The molecule has 1 aromatic heterocycles. The molecule has 1 aromatic carbocycles. The minimum absolute atomic E-state index is 0.186. The molecule has 4 nitrogen and oxygen atoms in total. The Labute approximate surface area is 109 Å². The van der Waals surface area contributed by atoms with E-state index in [1.54, 1.807) is 12.1 Å². The highest BCUT2D eigenvalue weighted by molar-refractivity contribution is 6.31. The minimum Gasteiger partial charge on any atom is -0.338 e. The summed E-state index contributed by atoms with van der Waals surface area (Å²) in [5.41, 5.74) is 6.12. The molecular formula is C12H13ClFN3O. The Balaban J connectivity index is 2.21. The predicted octanol–water partition coefficient (Wildman–Crippen LogP) is 2.86. The number of hydrogen-bond donors (Lipinski definition) is 1. The number of aromatic nitrogens is 2. The average Bonchev–Trinajstić information content (AvgIpc) is 2.81. The van der Waals surface area contributed by atoms with Crippen molar-refractivity contribution in [1.82, 2.24) is 10.1 Å². The fraction of sp³-hybridized carbons (Fsp3) is 0.333. The molecule has 2 rings (SSSR count). The van der Waals surface area contributed by atoms with Gasteiger partial charge in [0.05, 0.1) is 6.04 Å². The normalized spacial score (nSPS) is 12.7. The summed E-state index contributed by atoms with van der Waals surface area (Å²) in [5.74, 6) is 0.356. The fourth-order valence-electron chi connectivity index (χ4n) is 1.52. The van der Waals surface area contributed by atoms with E-state index in [1.165, 1.54) is 6.07 Å². The lowest BCUT2D eigenvalue weighted by molar-refractivity contribution is 0.348. The van der Waals surface area contributed by atoms with Crippen LogP contribution in [0.3, 0.4) is 0 Å². The summed E-state index contributed by atoms with van der Waals surface area (Å²) in [6.45, 7) is 1.92. The van der Waals surface area contributed by atoms with E-state index in [9.17, 15) is 4.39 Å². The second-order valence-corrected chi connectivity index (χ2v) is 4.35. The van der Waals surface area contributed by atoms with E-state index in [-0.39, 0.29) is 18.3 Å². The SMILES string of the molecule is CC[C@@H](N)c1nc(Cc2c(F)cccc2Cl)no1. The Morgan fingerprint density at radius 2 is 2.28 bits per heavy atom. The van der Waals surface area contributed by atoms with Gasteiger partial charge in [0.25, 0.3) is 0 Å². The number of rotatable bonds is 4. The Morgan fingerprint density at radius 3 is 2.94 bits per heavy atom. The highest BCUT2D eigenvalue weighted by atomic mass is 35.5. The molecule has 0 fully saturated rings. The highest BCUT2D eigenvalue weighted by Gasteiger charge is 2.15. The highest BCUT2D eigenvalue weighted by Crippen LogP contribution is 2.22. The van der Waals surface area contributed by atoms with Crippen molar-refractivity contribution in [1.29, 1.82) is 0 Å².